The molecule has 0 saturated carbocycles. The van der Waals surface area contributed by atoms with Gasteiger partial charge in [0.05, 0.1) is 26.4 Å². The molecule has 0 aliphatic heterocycles. The molecule has 0 aliphatic rings. The Morgan fingerprint density at radius 3 is 2.38 bits per heavy atom. The predicted octanol–water partition coefficient (Wildman–Crippen LogP) is 3.45. The van der Waals surface area contributed by atoms with E-state index in [0.29, 0.717) is 6.61 Å². The number of hydrogen-bond donors (Lipinski definition) is 1. The van der Waals surface area contributed by atoms with E-state index in [1.165, 1.54) is 43.5 Å². The predicted molar refractivity (Wildman–Crippen MR) is 150 cm³/mol. The molecule has 0 amide bonds. The van der Waals surface area contributed by atoms with Crippen molar-refractivity contribution in [1.82, 2.24) is 14.2 Å². The Hall–Kier alpha value is -1.71. The highest BCUT2D eigenvalue weighted by Crippen LogP contribution is 2.46. The second-order valence-electron chi connectivity index (χ2n) is 8.96. The van der Waals surface area contributed by atoms with Gasteiger partial charge in [0.2, 0.25) is 13.9 Å². The lowest BCUT2D eigenvalue weighted by molar-refractivity contribution is -0.0968. The Balaban J connectivity index is 3.31. The molecular formula is C24H42N4O9P2. The maximum absolute atomic E-state index is 12.6. The normalized spacial score (nSPS) is 16.0. The van der Waals surface area contributed by atoms with E-state index in [0.717, 1.165) is 0 Å². The molecule has 1 heterocycles. The van der Waals surface area contributed by atoms with Gasteiger partial charge in [-0.3, -0.25) is 18.9 Å². The zero-order valence-electron chi connectivity index (χ0n) is 23.8. The van der Waals surface area contributed by atoms with Gasteiger partial charge < -0.3 is 32.6 Å². The summed E-state index contributed by atoms with van der Waals surface area (Å²) in [5.41, 5.74) is -1.23. The lowest BCUT2D eigenvalue weighted by Gasteiger charge is -2.36. The average Bonchev–Trinajstić information content (AvgIpc) is 2.86. The van der Waals surface area contributed by atoms with Crippen LogP contribution in [0.15, 0.2) is 33.7 Å². The van der Waals surface area contributed by atoms with E-state index in [-0.39, 0.29) is 45.1 Å². The van der Waals surface area contributed by atoms with Crippen molar-refractivity contribution >= 4 is 15.9 Å². The van der Waals surface area contributed by atoms with E-state index in [2.05, 4.69) is 14.5 Å². The zero-order valence-corrected chi connectivity index (χ0v) is 25.6. The summed E-state index contributed by atoms with van der Waals surface area (Å²) in [5, 5.41) is 0. The fourth-order valence-corrected chi connectivity index (χ4v) is 5.50. The number of nitrogens with zero attached hydrogens (tertiary/aromatic N) is 3. The molecule has 15 heteroatoms. The third-order valence-electron chi connectivity index (χ3n) is 5.12. The largest absolute Gasteiger partial charge is 0.382 e. The Bertz CT molecular complexity index is 1060. The summed E-state index contributed by atoms with van der Waals surface area (Å²) in [4.78, 5) is 29.7. The molecule has 0 radical (unpaired) electrons. The maximum atomic E-state index is 12.6. The van der Waals surface area contributed by atoms with Gasteiger partial charge in [-0.05, 0) is 39.6 Å². The van der Waals surface area contributed by atoms with Crippen LogP contribution in [0.4, 0.5) is 0 Å². The molecule has 1 rings (SSSR count). The van der Waals surface area contributed by atoms with Crippen molar-refractivity contribution in [1.29, 1.82) is 0 Å². The van der Waals surface area contributed by atoms with Crippen LogP contribution in [-0.4, -0.2) is 92.9 Å². The lowest BCUT2D eigenvalue weighted by Crippen LogP contribution is -2.37. The molecule has 0 aromatic carbocycles. The van der Waals surface area contributed by atoms with E-state index < -0.39 is 39.5 Å². The Labute approximate surface area is 231 Å². The minimum absolute atomic E-state index is 0.0352. The van der Waals surface area contributed by atoms with Crippen molar-refractivity contribution in [2.24, 2.45) is 0 Å². The summed E-state index contributed by atoms with van der Waals surface area (Å²) in [6, 6.07) is 1.38. The highest BCUT2D eigenvalue weighted by Gasteiger charge is 2.29. The third-order valence-corrected chi connectivity index (χ3v) is 8.63. The van der Waals surface area contributed by atoms with Crippen molar-refractivity contribution < 1.29 is 32.3 Å². The topological polar surface area (TPSA) is 135 Å². The number of aromatic nitrogens is 2. The molecule has 1 N–H and O–H groups in total. The first-order valence-corrected chi connectivity index (χ1v) is 15.8. The monoisotopic (exact) mass is 592 g/mol. The van der Waals surface area contributed by atoms with E-state index in [1.807, 2.05) is 27.7 Å². The third kappa shape index (κ3) is 13.5. The van der Waals surface area contributed by atoms with Crippen molar-refractivity contribution in [2.45, 2.75) is 52.1 Å². The number of nitrogens with one attached hydrogen (secondary N) is 1. The molecular weight excluding hydrogens is 550 g/mol. The molecule has 0 aliphatic carbocycles. The minimum Gasteiger partial charge on any atom is -0.382 e. The van der Waals surface area contributed by atoms with Gasteiger partial charge in [0.1, 0.15) is 12.7 Å². The Morgan fingerprint density at radius 1 is 1.13 bits per heavy atom. The van der Waals surface area contributed by atoms with E-state index in [9.17, 15) is 14.2 Å². The van der Waals surface area contributed by atoms with Gasteiger partial charge in [-0.2, -0.15) is 0 Å². The van der Waals surface area contributed by atoms with Crippen molar-refractivity contribution in [3.63, 3.8) is 0 Å². The molecule has 13 nitrogen and oxygen atoms in total. The van der Waals surface area contributed by atoms with Crippen LogP contribution in [-0.2, 0) is 32.3 Å². The van der Waals surface area contributed by atoms with Gasteiger partial charge in [-0.25, -0.2) is 16.0 Å². The Morgan fingerprint density at radius 2 is 1.82 bits per heavy atom. The average molecular weight is 593 g/mol. The van der Waals surface area contributed by atoms with Gasteiger partial charge >= 0.3 is 5.69 Å². The number of H-pyrrole nitrogens is 1. The molecule has 0 spiro atoms. The van der Waals surface area contributed by atoms with Gasteiger partial charge in [0, 0.05) is 45.2 Å². The van der Waals surface area contributed by atoms with Crippen molar-refractivity contribution in [3.8, 4) is 0 Å². The summed E-state index contributed by atoms with van der Waals surface area (Å²) in [7, 11) is -1.76. The van der Waals surface area contributed by atoms with Gasteiger partial charge in [0.15, 0.2) is 6.23 Å². The fraction of sp³-hybridized carbons (Fsp3) is 0.708. The zero-order chi connectivity index (χ0) is 29.4. The molecule has 1 aromatic heterocycles. The molecule has 2 unspecified atom stereocenters. The standard InChI is InChI=1S/C24H42N4O9P2/c1-19(2)28(20(3)4)38(35-13-11-25-5)36-17-21(10-16-39(8,31)33-7)37-23(18-34-15-14-32-6)27-12-9-22(29)26-24(27)30/h9-10,12,16,19-21,23H,11,13-15,17-18H2,1-4,6-8H3,(H,26,29,30)/b16-10+/t21-,23-,38?,39?/m1/s1. The second-order valence-corrected chi connectivity index (χ2v) is 12.9. The van der Waals surface area contributed by atoms with Gasteiger partial charge in [-0.1, -0.05) is 0 Å². The summed E-state index contributed by atoms with van der Waals surface area (Å²) in [5.74, 6) is 1.41. The number of ether oxygens (including phenoxy) is 3. The second kappa shape index (κ2) is 18.6. The van der Waals surface area contributed by atoms with E-state index in [1.54, 1.807) is 6.08 Å². The molecule has 0 fully saturated rings. The summed E-state index contributed by atoms with van der Waals surface area (Å²) < 4.78 is 50.0. The van der Waals surface area contributed by atoms with Crippen LogP contribution in [0.5, 0.6) is 0 Å². The minimum atomic E-state index is -3.06. The number of aromatic amines is 1. The number of hydrogen-bond acceptors (Lipinski definition) is 10. The van der Waals surface area contributed by atoms with Crippen LogP contribution in [0.1, 0.15) is 33.9 Å². The first-order valence-electron chi connectivity index (χ1n) is 12.5. The quantitative estimate of drug-likeness (QED) is 0.136. The SMILES string of the molecule is [C-]#[N+]CCOP(OC[C@@H](/C=C/P(C)(=O)OC)O[C@H](COCCOC)n1ccc(=O)[nH]c1=O)N(C(C)C)C(C)C. The van der Waals surface area contributed by atoms with E-state index in [4.69, 9.17) is 34.4 Å². The van der Waals surface area contributed by atoms with Crippen LogP contribution in [0.2, 0.25) is 0 Å². The first kappa shape index (κ1) is 35.3. The van der Waals surface area contributed by atoms with Gasteiger partial charge in [-0.15, -0.1) is 0 Å². The lowest BCUT2D eigenvalue weighted by atomic mass is 10.3. The molecule has 222 valence electrons. The molecule has 1 aromatic rings. The number of rotatable bonds is 20. The highest BCUT2D eigenvalue weighted by atomic mass is 31.2. The van der Waals surface area contributed by atoms with Crippen LogP contribution in [0.25, 0.3) is 4.85 Å². The molecule has 4 atom stereocenters. The van der Waals surface area contributed by atoms with Crippen LogP contribution in [0.3, 0.4) is 0 Å². The summed E-state index contributed by atoms with van der Waals surface area (Å²) in [6.07, 6.45) is 1.07. The van der Waals surface area contributed by atoms with Crippen LogP contribution < -0.4 is 11.2 Å². The molecule has 0 saturated heterocycles. The smallest absolute Gasteiger partial charge is 0.330 e. The summed E-state index contributed by atoms with van der Waals surface area (Å²) >= 11 is 0. The first-order chi connectivity index (χ1) is 18.4. The van der Waals surface area contributed by atoms with E-state index >= 15 is 0 Å². The fourth-order valence-electron chi connectivity index (χ4n) is 3.27. The summed E-state index contributed by atoms with van der Waals surface area (Å²) in [6.45, 7) is 17.5. The molecule has 39 heavy (non-hydrogen) atoms. The van der Waals surface area contributed by atoms with Crippen molar-refractivity contribution in [2.75, 3.05) is 60.5 Å². The van der Waals surface area contributed by atoms with Gasteiger partial charge in [0.25, 0.3) is 14.1 Å². The Kier molecular flexibility index (Phi) is 16.8. The highest BCUT2D eigenvalue weighted by molar-refractivity contribution is 7.61. The van der Waals surface area contributed by atoms with Crippen molar-refractivity contribution in [3.05, 3.63) is 56.4 Å². The molecule has 0 bridgehead atoms. The number of methoxy groups -OCH3 is 1. The van der Waals surface area contributed by atoms with Crippen LogP contribution >= 0.6 is 15.9 Å². The van der Waals surface area contributed by atoms with Crippen LogP contribution in [0, 0.1) is 6.57 Å². The maximum Gasteiger partial charge on any atom is 0.330 e.